The molecule has 1 saturated carbocycles. The molecule has 18 heavy (non-hydrogen) atoms. The number of rotatable bonds is 6. The van der Waals surface area contributed by atoms with Crippen LogP contribution in [0.4, 0.5) is 0 Å². The van der Waals surface area contributed by atoms with Gasteiger partial charge in [-0.1, -0.05) is 19.0 Å². The van der Waals surface area contributed by atoms with Crippen molar-refractivity contribution in [1.82, 2.24) is 10.5 Å². The van der Waals surface area contributed by atoms with Crippen LogP contribution in [0.5, 0.6) is 0 Å². The zero-order valence-electron chi connectivity index (χ0n) is 10.8. The number of carbonyl (C=O) groups is 1. The van der Waals surface area contributed by atoms with Crippen LogP contribution >= 0.6 is 0 Å². The highest BCUT2D eigenvalue weighted by molar-refractivity contribution is 5.92. The first-order valence-electron chi connectivity index (χ1n) is 6.49. The Hall–Kier alpha value is -1.36. The lowest BCUT2D eigenvalue weighted by molar-refractivity contribution is 0.0891. The molecule has 1 aliphatic rings. The number of hydrogen-bond donors (Lipinski definition) is 2. The Kier molecular flexibility index (Phi) is 4.01. The number of aliphatic hydroxyl groups is 1. The maximum atomic E-state index is 11.7. The van der Waals surface area contributed by atoms with E-state index in [1.165, 1.54) is 0 Å². The second kappa shape index (κ2) is 5.52. The van der Waals surface area contributed by atoms with Gasteiger partial charge in [0.1, 0.15) is 5.76 Å². The van der Waals surface area contributed by atoms with Crippen molar-refractivity contribution in [1.29, 1.82) is 0 Å². The maximum absolute atomic E-state index is 11.7. The first kappa shape index (κ1) is 13.1. The summed E-state index contributed by atoms with van der Waals surface area (Å²) in [6.07, 6.45) is 2.39. The number of nitrogens with zero attached hydrogens (tertiary/aromatic N) is 1. The lowest BCUT2D eigenvalue weighted by atomic mass is 10.1. The molecule has 1 unspecified atom stereocenters. The third-order valence-corrected chi connectivity index (χ3v) is 2.98. The summed E-state index contributed by atoms with van der Waals surface area (Å²) < 4.78 is 5.11. The molecule has 1 aromatic heterocycles. The van der Waals surface area contributed by atoms with Crippen LogP contribution in [-0.4, -0.2) is 28.8 Å². The monoisotopic (exact) mass is 252 g/mol. The zero-order chi connectivity index (χ0) is 13.1. The van der Waals surface area contributed by atoms with Crippen LogP contribution in [0.3, 0.4) is 0 Å². The number of hydrogen-bond acceptors (Lipinski definition) is 4. The molecule has 1 atom stereocenters. The van der Waals surface area contributed by atoms with Crippen molar-refractivity contribution in [2.24, 2.45) is 5.92 Å². The fourth-order valence-electron chi connectivity index (χ4n) is 1.89. The molecule has 1 fully saturated rings. The van der Waals surface area contributed by atoms with E-state index in [1.54, 1.807) is 6.07 Å². The topological polar surface area (TPSA) is 75.4 Å². The van der Waals surface area contributed by atoms with Gasteiger partial charge in [-0.05, 0) is 25.2 Å². The molecule has 0 saturated heterocycles. The van der Waals surface area contributed by atoms with Crippen LogP contribution in [0.25, 0.3) is 0 Å². The Balaban J connectivity index is 1.79. The van der Waals surface area contributed by atoms with Crippen molar-refractivity contribution in [3.63, 3.8) is 0 Å². The van der Waals surface area contributed by atoms with E-state index in [-0.39, 0.29) is 12.5 Å². The van der Waals surface area contributed by atoms with Gasteiger partial charge in [0.2, 0.25) is 0 Å². The SMILES string of the molecule is CC(C)CC(O)CNC(=O)c1cc(C2CC2)on1. The minimum absolute atomic E-state index is 0.253. The average Bonchev–Trinajstić information content (AvgIpc) is 3.03. The number of nitrogens with one attached hydrogen (secondary N) is 1. The highest BCUT2D eigenvalue weighted by Crippen LogP contribution is 2.40. The lowest BCUT2D eigenvalue weighted by Gasteiger charge is -2.12. The van der Waals surface area contributed by atoms with E-state index in [4.69, 9.17) is 4.52 Å². The number of carbonyl (C=O) groups excluding carboxylic acids is 1. The van der Waals surface area contributed by atoms with E-state index in [0.29, 0.717) is 24.0 Å². The van der Waals surface area contributed by atoms with Crippen molar-refractivity contribution in [3.8, 4) is 0 Å². The number of aromatic nitrogens is 1. The van der Waals surface area contributed by atoms with E-state index in [0.717, 1.165) is 18.6 Å². The van der Waals surface area contributed by atoms with Gasteiger partial charge in [-0.15, -0.1) is 0 Å². The molecule has 0 bridgehead atoms. The quantitative estimate of drug-likeness (QED) is 0.807. The number of aliphatic hydroxyl groups excluding tert-OH is 1. The van der Waals surface area contributed by atoms with Gasteiger partial charge in [-0.2, -0.15) is 0 Å². The van der Waals surface area contributed by atoms with E-state index >= 15 is 0 Å². The third kappa shape index (κ3) is 3.57. The third-order valence-electron chi connectivity index (χ3n) is 2.98. The van der Waals surface area contributed by atoms with Crippen LogP contribution in [0.15, 0.2) is 10.6 Å². The van der Waals surface area contributed by atoms with E-state index < -0.39 is 6.10 Å². The van der Waals surface area contributed by atoms with Crippen molar-refractivity contribution < 1.29 is 14.4 Å². The predicted octanol–water partition coefficient (Wildman–Crippen LogP) is 1.69. The van der Waals surface area contributed by atoms with Crippen LogP contribution in [-0.2, 0) is 0 Å². The Bertz CT molecular complexity index is 410. The Morgan fingerprint density at radius 1 is 1.61 bits per heavy atom. The van der Waals surface area contributed by atoms with E-state index in [2.05, 4.69) is 10.5 Å². The Morgan fingerprint density at radius 3 is 2.94 bits per heavy atom. The molecular weight excluding hydrogens is 232 g/mol. The molecule has 2 N–H and O–H groups in total. The molecule has 1 aromatic rings. The van der Waals surface area contributed by atoms with Gasteiger partial charge in [0.15, 0.2) is 5.69 Å². The highest BCUT2D eigenvalue weighted by atomic mass is 16.5. The molecule has 0 radical (unpaired) electrons. The van der Waals surface area contributed by atoms with Gasteiger partial charge in [0, 0.05) is 18.5 Å². The summed E-state index contributed by atoms with van der Waals surface area (Å²) in [7, 11) is 0. The summed E-state index contributed by atoms with van der Waals surface area (Å²) in [5.41, 5.74) is 0.300. The van der Waals surface area contributed by atoms with Gasteiger partial charge >= 0.3 is 0 Å². The zero-order valence-corrected chi connectivity index (χ0v) is 10.8. The molecular formula is C13H20N2O3. The molecule has 1 heterocycles. The van der Waals surface area contributed by atoms with E-state index in [1.807, 2.05) is 13.8 Å². The lowest BCUT2D eigenvalue weighted by Crippen LogP contribution is -2.32. The van der Waals surface area contributed by atoms with Gasteiger partial charge in [-0.25, -0.2) is 0 Å². The summed E-state index contributed by atoms with van der Waals surface area (Å²) in [6.45, 7) is 4.32. The van der Waals surface area contributed by atoms with Gasteiger partial charge < -0.3 is 14.9 Å². The Labute approximate surface area is 107 Å². The summed E-state index contributed by atoms with van der Waals surface area (Å²) in [5.74, 6) is 1.37. The smallest absolute Gasteiger partial charge is 0.273 e. The largest absolute Gasteiger partial charge is 0.391 e. The summed E-state index contributed by atoms with van der Waals surface area (Å²) in [4.78, 5) is 11.7. The summed E-state index contributed by atoms with van der Waals surface area (Å²) >= 11 is 0. The van der Waals surface area contributed by atoms with Gasteiger partial charge in [0.05, 0.1) is 6.10 Å². The second-order valence-corrected chi connectivity index (χ2v) is 5.38. The van der Waals surface area contributed by atoms with Crippen LogP contribution in [0.2, 0.25) is 0 Å². The first-order chi connectivity index (χ1) is 8.56. The fourth-order valence-corrected chi connectivity index (χ4v) is 1.89. The molecule has 5 heteroatoms. The van der Waals surface area contributed by atoms with E-state index in [9.17, 15) is 9.90 Å². The average molecular weight is 252 g/mol. The molecule has 1 aliphatic carbocycles. The summed E-state index contributed by atoms with van der Waals surface area (Å²) in [6, 6.07) is 1.70. The van der Waals surface area contributed by atoms with Crippen molar-refractivity contribution in [3.05, 3.63) is 17.5 Å². The second-order valence-electron chi connectivity index (χ2n) is 5.38. The molecule has 0 aromatic carbocycles. The Morgan fingerprint density at radius 2 is 2.33 bits per heavy atom. The maximum Gasteiger partial charge on any atom is 0.273 e. The summed E-state index contributed by atoms with van der Waals surface area (Å²) in [5, 5.41) is 16.1. The standard InChI is InChI=1S/C13H20N2O3/c1-8(2)5-10(16)7-14-13(17)11-6-12(18-15-11)9-3-4-9/h6,8-10,16H,3-5,7H2,1-2H3,(H,14,17). The predicted molar refractivity (Wildman–Crippen MR) is 66.3 cm³/mol. The molecule has 1 amide bonds. The van der Waals surface area contributed by atoms with Crippen molar-refractivity contribution in [2.75, 3.05) is 6.54 Å². The molecule has 0 spiro atoms. The molecule has 100 valence electrons. The fraction of sp³-hybridized carbons (Fsp3) is 0.692. The normalized spacial score (nSPS) is 16.9. The minimum atomic E-state index is -0.510. The number of amides is 1. The molecule has 0 aliphatic heterocycles. The van der Waals surface area contributed by atoms with Gasteiger partial charge in [-0.3, -0.25) is 4.79 Å². The molecule has 2 rings (SSSR count). The van der Waals surface area contributed by atoms with Crippen LogP contribution in [0.1, 0.15) is 55.3 Å². The minimum Gasteiger partial charge on any atom is -0.391 e. The van der Waals surface area contributed by atoms with Gasteiger partial charge in [0.25, 0.3) is 5.91 Å². The first-order valence-corrected chi connectivity index (χ1v) is 6.49. The van der Waals surface area contributed by atoms with Crippen LogP contribution < -0.4 is 5.32 Å². The molecule has 5 nitrogen and oxygen atoms in total. The van der Waals surface area contributed by atoms with Crippen LogP contribution in [0, 0.1) is 5.92 Å². The highest BCUT2D eigenvalue weighted by Gasteiger charge is 2.28. The van der Waals surface area contributed by atoms with Crippen molar-refractivity contribution in [2.45, 2.75) is 45.1 Å². The van der Waals surface area contributed by atoms with Crippen molar-refractivity contribution >= 4 is 5.91 Å².